The number of nitrogens with one attached hydrogen (secondary N) is 2. The van der Waals surface area contributed by atoms with E-state index in [0.29, 0.717) is 22.7 Å². The van der Waals surface area contributed by atoms with Crippen LogP contribution in [0.15, 0.2) is 83.4 Å². The molecule has 0 saturated carbocycles. The van der Waals surface area contributed by atoms with Gasteiger partial charge in [0.25, 0.3) is 5.91 Å². The van der Waals surface area contributed by atoms with Crippen LogP contribution in [0.1, 0.15) is 15.9 Å². The van der Waals surface area contributed by atoms with Gasteiger partial charge in [-0.3, -0.25) is 10.1 Å². The summed E-state index contributed by atoms with van der Waals surface area (Å²) in [4.78, 5) is 21.5. The van der Waals surface area contributed by atoms with Crippen molar-refractivity contribution >= 4 is 50.9 Å². The molecule has 0 bridgehead atoms. The number of hydrogen-bond donors (Lipinski definition) is 2. The van der Waals surface area contributed by atoms with Gasteiger partial charge in [-0.2, -0.15) is 4.98 Å². The molecule has 0 radical (unpaired) electrons. The number of anilines is 1. The first-order chi connectivity index (χ1) is 15.6. The number of carbonyl (C=O) groups excluding carboxylic acids is 1. The molecule has 156 valence electrons. The number of aryl methyl sites for hydroxylation is 1. The van der Waals surface area contributed by atoms with Crippen molar-refractivity contribution in [2.45, 2.75) is 6.92 Å². The van der Waals surface area contributed by atoms with E-state index >= 15 is 0 Å². The van der Waals surface area contributed by atoms with Gasteiger partial charge in [-0.15, -0.1) is 0 Å². The summed E-state index contributed by atoms with van der Waals surface area (Å²) in [5.41, 5.74) is 4.23. The van der Waals surface area contributed by atoms with Gasteiger partial charge in [-0.1, -0.05) is 42.5 Å². The second kappa shape index (κ2) is 8.20. The first kappa shape index (κ1) is 19.8. The number of oxazole rings is 1. The number of nitrogens with zero attached hydrogens (tertiary/aromatic N) is 2. The maximum absolute atomic E-state index is 12.9. The Bertz CT molecular complexity index is 1450. The third-order valence-corrected chi connectivity index (χ3v) is 5.36. The van der Waals surface area contributed by atoms with E-state index in [1.165, 1.54) is 0 Å². The number of rotatable bonds is 3. The molecule has 7 heteroatoms. The summed E-state index contributed by atoms with van der Waals surface area (Å²) in [6.07, 6.45) is 1.67. The van der Waals surface area contributed by atoms with Gasteiger partial charge in [0, 0.05) is 23.0 Å². The third-order valence-electron chi connectivity index (χ3n) is 5.16. The lowest BCUT2D eigenvalue weighted by Crippen LogP contribution is -2.34. The maximum atomic E-state index is 12.9. The number of hydrogen-bond acceptors (Lipinski definition) is 5. The summed E-state index contributed by atoms with van der Waals surface area (Å²) in [5, 5.41) is 7.97. The predicted octanol–water partition coefficient (Wildman–Crippen LogP) is 5.48. The molecule has 32 heavy (non-hydrogen) atoms. The van der Waals surface area contributed by atoms with Crippen LogP contribution in [0.25, 0.3) is 33.5 Å². The van der Waals surface area contributed by atoms with Crippen LogP contribution in [0.4, 0.5) is 5.69 Å². The van der Waals surface area contributed by atoms with E-state index in [1.54, 1.807) is 18.3 Å². The highest BCUT2D eigenvalue weighted by atomic mass is 32.1. The van der Waals surface area contributed by atoms with Crippen molar-refractivity contribution < 1.29 is 9.21 Å². The number of fused-ring (bicyclic) bond motifs is 2. The van der Waals surface area contributed by atoms with Crippen LogP contribution in [0.2, 0.25) is 0 Å². The Morgan fingerprint density at radius 2 is 1.84 bits per heavy atom. The Labute approximate surface area is 189 Å². The highest BCUT2D eigenvalue weighted by molar-refractivity contribution is 7.80. The maximum Gasteiger partial charge on any atom is 0.258 e. The summed E-state index contributed by atoms with van der Waals surface area (Å²) >= 11 is 5.41. The SMILES string of the molecule is Cc1ccc(-c2nc3ncccc3o2)cc1NC(=S)NC(=O)c1cccc2ccccc12. The first-order valence-electron chi connectivity index (χ1n) is 10.0. The van der Waals surface area contributed by atoms with Crippen molar-refractivity contribution in [3.05, 3.63) is 90.1 Å². The summed E-state index contributed by atoms with van der Waals surface area (Å²) in [5.74, 6) is 0.200. The molecule has 0 saturated heterocycles. The standard InChI is InChI=1S/C25H18N4O2S/c1-15-11-12-17(24-28-22-21(31-24)10-5-13-26-22)14-20(15)27-25(32)29-23(30)19-9-4-7-16-6-2-3-8-18(16)19/h2-14H,1H3,(H2,27,29,30,32). The van der Waals surface area contributed by atoms with E-state index in [-0.39, 0.29) is 11.0 Å². The summed E-state index contributed by atoms with van der Waals surface area (Å²) in [6, 6.07) is 22.7. The van der Waals surface area contributed by atoms with Gasteiger partial charge in [-0.25, -0.2) is 4.98 Å². The number of amides is 1. The molecule has 0 aliphatic carbocycles. The van der Waals surface area contributed by atoms with Crippen molar-refractivity contribution in [1.29, 1.82) is 0 Å². The van der Waals surface area contributed by atoms with Crippen molar-refractivity contribution in [1.82, 2.24) is 15.3 Å². The van der Waals surface area contributed by atoms with E-state index in [2.05, 4.69) is 20.6 Å². The topological polar surface area (TPSA) is 80.1 Å². The average Bonchev–Trinajstić information content (AvgIpc) is 3.24. The normalized spacial score (nSPS) is 10.9. The minimum atomic E-state index is -0.266. The number of aromatic nitrogens is 2. The largest absolute Gasteiger partial charge is 0.434 e. The molecule has 2 N–H and O–H groups in total. The lowest BCUT2D eigenvalue weighted by molar-refractivity contribution is 0.0979. The molecule has 0 spiro atoms. The van der Waals surface area contributed by atoms with E-state index in [1.807, 2.05) is 67.6 Å². The van der Waals surface area contributed by atoms with Gasteiger partial charge >= 0.3 is 0 Å². The zero-order valence-electron chi connectivity index (χ0n) is 17.1. The van der Waals surface area contributed by atoms with Crippen molar-refractivity contribution in [3.8, 4) is 11.5 Å². The fourth-order valence-electron chi connectivity index (χ4n) is 3.53. The Morgan fingerprint density at radius 3 is 2.72 bits per heavy atom. The molecular weight excluding hydrogens is 420 g/mol. The van der Waals surface area contributed by atoms with Gasteiger partial charge in [0.1, 0.15) is 0 Å². The molecule has 0 aliphatic heterocycles. The number of carbonyl (C=O) groups is 1. The molecule has 2 aromatic heterocycles. The molecule has 0 unspecified atom stereocenters. The molecule has 0 fully saturated rings. The number of benzene rings is 3. The Balaban J connectivity index is 1.37. The van der Waals surface area contributed by atoms with Gasteiger partial charge in [0.15, 0.2) is 16.3 Å². The lowest BCUT2D eigenvalue weighted by atomic mass is 10.0. The van der Waals surface area contributed by atoms with Crippen LogP contribution in [-0.2, 0) is 0 Å². The molecule has 5 rings (SSSR count). The second-order valence-electron chi connectivity index (χ2n) is 7.31. The summed E-state index contributed by atoms with van der Waals surface area (Å²) in [6.45, 7) is 1.95. The van der Waals surface area contributed by atoms with Crippen molar-refractivity contribution in [3.63, 3.8) is 0 Å². The molecule has 6 nitrogen and oxygen atoms in total. The van der Waals surface area contributed by atoms with Crippen LogP contribution in [0.3, 0.4) is 0 Å². The van der Waals surface area contributed by atoms with Crippen LogP contribution in [0, 0.1) is 6.92 Å². The van der Waals surface area contributed by atoms with Crippen LogP contribution in [-0.4, -0.2) is 21.0 Å². The molecule has 0 aliphatic rings. The van der Waals surface area contributed by atoms with Crippen LogP contribution in [0.5, 0.6) is 0 Å². The third kappa shape index (κ3) is 3.81. The summed E-state index contributed by atoms with van der Waals surface area (Å²) < 4.78 is 5.81. The van der Waals surface area contributed by atoms with E-state index in [9.17, 15) is 4.79 Å². The van der Waals surface area contributed by atoms with Crippen LogP contribution < -0.4 is 10.6 Å². The second-order valence-corrected chi connectivity index (χ2v) is 7.72. The smallest absolute Gasteiger partial charge is 0.258 e. The van der Waals surface area contributed by atoms with Crippen molar-refractivity contribution in [2.75, 3.05) is 5.32 Å². The fourth-order valence-corrected chi connectivity index (χ4v) is 3.73. The first-order valence-corrected chi connectivity index (χ1v) is 10.4. The minimum Gasteiger partial charge on any atom is -0.434 e. The average molecular weight is 439 g/mol. The zero-order valence-corrected chi connectivity index (χ0v) is 17.9. The van der Waals surface area contributed by atoms with E-state index in [4.69, 9.17) is 16.6 Å². The Morgan fingerprint density at radius 1 is 1.00 bits per heavy atom. The fraction of sp³-hybridized carbons (Fsp3) is 0.0400. The highest BCUT2D eigenvalue weighted by Gasteiger charge is 2.14. The van der Waals surface area contributed by atoms with Crippen molar-refractivity contribution in [2.24, 2.45) is 0 Å². The quantitative estimate of drug-likeness (QED) is 0.363. The van der Waals surface area contributed by atoms with Gasteiger partial charge in [-0.05, 0) is 65.8 Å². The monoisotopic (exact) mass is 438 g/mol. The molecule has 2 heterocycles. The summed E-state index contributed by atoms with van der Waals surface area (Å²) in [7, 11) is 0. The molecule has 0 atom stereocenters. The van der Waals surface area contributed by atoms with Gasteiger partial charge in [0.2, 0.25) is 5.89 Å². The molecular formula is C25H18N4O2S. The Hall–Kier alpha value is -4.10. The predicted molar refractivity (Wildman–Crippen MR) is 130 cm³/mol. The molecule has 5 aromatic rings. The highest BCUT2D eigenvalue weighted by Crippen LogP contribution is 2.27. The van der Waals surface area contributed by atoms with Crippen LogP contribution >= 0.6 is 12.2 Å². The molecule has 1 amide bonds. The lowest BCUT2D eigenvalue weighted by Gasteiger charge is -2.13. The van der Waals surface area contributed by atoms with Gasteiger partial charge in [0.05, 0.1) is 0 Å². The zero-order chi connectivity index (χ0) is 22.1. The van der Waals surface area contributed by atoms with Gasteiger partial charge < -0.3 is 9.73 Å². The van der Waals surface area contributed by atoms with E-state index < -0.39 is 0 Å². The number of thiocarbonyl (C=S) groups is 1. The minimum absolute atomic E-state index is 0.211. The Kier molecular flexibility index (Phi) is 5.09. The van der Waals surface area contributed by atoms with E-state index in [0.717, 1.165) is 27.6 Å². The molecule has 3 aromatic carbocycles. The number of pyridine rings is 1.